The maximum atomic E-state index is 13.1. The number of rotatable bonds is 3. The number of benzene rings is 1. The fraction of sp³-hybridized carbons (Fsp3) is 0.348. The number of carbonyl (C=O) groups excluding carboxylic acids is 1. The Morgan fingerprint density at radius 3 is 2.76 bits per heavy atom. The summed E-state index contributed by atoms with van der Waals surface area (Å²) in [6.07, 6.45) is 2.89. The summed E-state index contributed by atoms with van der Waals surface area (Å²) in [5.74, 6) is 1.04. The minimum atomic E-state index is -3.68. The molecule has 34 heavy (non-hydrogen) atoms. The topological polar surface area (TPSA) is 118 Å². The molecular weight excluding hydrogens is 458 g/mol. The molecule has 0 radical (unpaired) electrons. The van der Waals surface area contributed by atoms with E-state index in [1.165, 1.54) is 22.8 Å². The van der Waals surface area contributed by atoms with Gasteiger partial charge in [0.05, 0.1) is 24.0 Å². The molecule has 0 saturated carbocycles. The van der Waals surface area contributed by atoms with Crippen LogP contribution in [0.25, 0.3) is 11.1 Å². The number of piperazine rings is 1. The van der Waals surface area contributed by atoms with Gasteiger partial charge in [-0.1, -0.05) is 11.2 Å². The van der Waals surface area contributed by atoms with Crippen LogP contribution in [0.2, 0.25) is 0 Å². The first-order valence-corrected chi connectivity index (χ1v) is 12.4. The van der Waals surface area contributed by atoms with Crippen LogP contribution in [0.1, 0.15) is 11.5 Å². The van der Waals surface area contributed by atoms with Gasteiger partial charge in [-0.15, -0.1) is 0 Å². The highest BCUT2D eigenvalue weighted by Crippen LogP contribution is 2.35. The lowest BCUT2D eigenvalue weighted by Crippen LogP contribution is -2.57. The molecule has 1 amide bonds. The number of ether oxygens (including phenoxy) is 1. The molecule has 11 heteroatoms. The number of nitrogens with zero attached hydrogens (tertiary/aromatic N) is 4. The largest absolute Gasteiger partial charge is 0.490 e. The van der Waals surface area contributed by atoms with Crippen molar-refractivity contribution in [2.45, 2.75) is 24.8 Å². The summed E-state index contributed by atoms with van der Waals surface area (Å²) in [4.78, 5) is 18.9. The summed E-state index contributed by atoms with van der Waals surface area (Å²) in [5.41, 5.74) is 3.07. The molecule has 178 valence electrons. The zero-order valence-electron chi connectivity index (χ0n) is 18.9. The van der Waals surface area contributed by atoms with E-state index in [9.17, 15) is 13.2 Å². The summed E-state index contributed by atoms with van der Waals surface area (Å²) in [7, 11) is -3.68. The SMILES string of the molecule is Cc1noc(C)c1-c1ccc2c(c1)NC(=O)CN1CCN(S(=O)(=O)c3cccnc3)C[C@@H]1CO2. The molecule has 5 rings (SSSR count). The van der Waals surface area contributed by atoms with Gasteiger partial charge in [0.1, 0.15) is 23.0 Å². The lowest BCUT2D eigenvalue weighted by Gasteiger charge is -2.39. The van der Waals surface area contributed by atoms with Crippen LogP contribution in [-0.2, 0) is 14.8 Å². The molecule has 0 spiro atoms. The molecule has 0 aliphatic carbocycles. The first-order chi connectivity index (χ1) is 16.3. The minimum Gasteiger partial charge on any atom is -0.490 e. The Hall–Kier alpha value is -3.28. The van der Waals surface area contributed by atoms with Gasteiger partial charge in [0.15, 0.2) is 0 Å². The Labute approximate surface area is 197 Å². The normalized spacial score (nSPS) is 19.7. The second-order valence-corrected chi connectivity index (χ2v) is 10.4. The number of aryl methyl sites for hydroxylation is 2. The van der Waals surface area contributed by atoms with Crippen LogP contribution in [0.5, 0.6) is 5.75 Å². The first-order valence-electron chi connectivity index (χ1n) is 11.0. The average Bonchev–Trinajstić information content (AvgIpc) is 3.19. The lowest BCUT2D eigenvalue weighted by atomic mass is 10.0. The molecule has 0 unspecified atom stereocenters. The summed E-state index contributed by atoms with van der Waals surface area (Å²) in [6, 6.07) is 8.41. The van der Waals surface area contributed by atoms with Crippen molar-refractivity contribution in [2.24, 2.45) is 0 Å². The zero-order valence-corrected chi connectivity index (χ0v) is 19.7. The third kappa shape index (κ3) is 4.17. The Balaban J connectivity index is 1.40. The van der Waals surface area contributed by atoms with E-state index >= 15 is 0 Å². The van der Waals surface area contributed by atoms with E-state index in [1.54, 1.807) is 12.1 Å². The van der Waals surface area contributed by atoms with Crippen molar-refractivity contribution in [3.8, 4) is 16.9 Å². The molecule has 0 bridgehead atoms. The highest BCUT2D eigenvalue weighted by molar-refractivity contribution is 7.89. The van der Waals surface area contributed by atoms with Crippen molar-refractivity contribution in [1.29, 1.82) is 0 Å². The first kappa shape index (κ1) is 22.5. The van der Waals surface area contributed by atoms with Crippen molar-refractivity contribution < 1.29 is 22.5 Å². The van der Waals surface area contributed by atoms with Crippen LogP contribution in [-0.4, -0.2) is 72.5 Å². The van der Waals surface area contributed by atoms with Crippen LogP contribution >= 0.6 is 0 Å². The Morgan fingerprint density at radius 1 is 1.18 bits per heavy atom. The van der Waals surface area contributed by atoms with Crippen LogP contribution in [0, 0.1) is 13.8 Å². The Morgan fingerprint density at radius 2 is 2.03 bits per heavy atom. The number of sulfonamides is 1. The molecule has 1 atom stereocenters. The maximum Gasteiger partial charge on any atom is 0.244 e. The van der Waals surface area contributed by atoms with Crippen molar-refractivity contribution in [2.75, 3.05) is 38.1 Å². The van der Waals surface area contributed by atoms with E-state index in [0.29, 0.717) is 23.7 Å². The van der Waals surface area contributed by atoms with Gasteiger partial charge in [0, 0.05) is 37.6 Å². The van der Waals surface area contributed by atoms with E-state index in [1.807, 2.05) is 30.9 Å². The number of hydrogen-bond acceptors (Lipinski definition) is 8. The van der Waals surface area contributed by atoms with Gasteiger partial charge in [-0.05, 0) is 43.7 Å². The molecule has 2 aliphatic heterocycles. The fourth-order valence-corrected chi connectivity index (χ4v) is 5.90. The summed E-state index contributed by atoms with van der Waals surface area (Å²) < 4.78 is 39.0. The highest BCUT2D eigenvalue weighted by atomic mass is 32.2. The molecule has 2 aromatic heterocycles. The summed E-state index contributed by atoms with van der Waals surface area (Å²) >= 11 is 0. The third-order valence-electron chi connectivity index (χ3n) is 6.19. The van der Waals surface area contributed by atoms with Crippen molar-refractivity contribution in [3.63, 3.8) is 0 Å². The Kier molecular flexibility index (Phi) is 5.84. The van der Waals surface area contributed by atoms with Crippen molar-refractivity contribution >= 4 is 21.6 Å². The molecular formula is C23H25N5O5S. The van der Waals surface area contributed by atoms with E-state index in [4.69, 9.17) is 9.26 Å². The van der Waals surface area contributed by atoms with Gasteiger partial charge in [-0.2, -0.15) is 4.31 Å². The summed E-state index contributed by atoms with van der Waals surface area (Å²) in [6.45, 7) is 5.01. The molecule has 10 nitrogen and oxygen atoms in total. The molecule has 4 heterocycles. The summed E-state index contributed by atoms with van der Waals surface area (Å²) in [5, 5.41) is 6.96. The molecule has 1 fully saturated rings. The molecule has 1 N–H and O–H groups in total. The van der Waals surface area contributed by atoms with Gasteiger partial charge in [-0.3, -0.25) is 14.7 Å². The number of fused-ring (bicyclic) bond motifs is 2. The fourth-order valence-electron chi connectivity index (χ4n) is 4.46. The van der Waals surface area contributed by atoms with E-state index in [-0.39, 0.29) is 43.1 Å². The van der Waals surface area contributed by atoms with E-state index in [0.717, 1.165) is 16.8 Å². The van der Waals surface area contributed by atoms with Gasteiger partial charge in [0.2, 0.25) is 15.9 Å². The van der Waals surface area contributed by atoms with Gasteiger partial charge < -0.3 is 14.6 Å². The highest BCUT2D eigenvalue weighted by Gasteiger charge is 2.36. The second-order valence-electron chi connectivity index (χ2n) is 8.45. The predicted octanol–water partition coefficient (Wildman–Crippen LogP) is 2.06. The smallest absolute Gasteiger partial charge is 0.244 e. The number of aromatic nitrogens is 2. The van der Waals surface area contributed by atoms with E-state index < -0.39 is 10.0 Å². The monoisotopic (exact) mass is 483 g/mol. The number of nitrogens with one attached hydrogen (secondary N) is 1. The predicted molar refractivity (Wildman–Crippen MR) is 124 cm³/mol. The maximum absolute atomic E-state index is 13.1. The minimum absolute atomic E-state index is 0.143. The van der Waals surface area contributed by atoms with Crippen molar-refractivity contribution in [1.82, 2.24) is 19.3 Å². The average molecular weight is 484 g/mol. The van der Waals surface area contributed by atoms with Crippen LogP contribution < -0.4 is 10.1 Å². The van der Waals surface area contributed by atoms with Gasteiger partial charge >= 0.3 is 0 Å². The second kappa shape index (κ2) is 8.82. The number of carbonyl (C=O) groups is 1. The number of pyridine rings is 1. The molecule has 2 aliphatic rings. The molecule has 3 aromatic rings. The zero-order chi connectivity index (χ0) is 23.9. The quantitative estimate of drug-likeness (QED) is 0.602. The molecule has 1 aromatic carbocycles. The third-order valence-corrected chi connectivity index (χ3v) is 8.04. The van der Waals surface area contributed by atoms with Gasteiger partial charge in [0.25, 0.3) is 0 Å². The lowest BCUT2D eigenvalue weighted by molar-refractivity contribution is -0.118. The van der Waals surface area contributed by atoms with E-state index in [2.05, 4.69) is 15.5 Å². The Bertz CT molecular complexity index is 1310. The van der Waals surface area contributed by atoms with Gasteiger partial charge in [-0.25, -0.2) is 8.42 Å². The van der Waals surface area contributed by atoms with Crippen LogP contribution in [0.15, 0.2) is 52.1 Å². The van der Waals surface area contributed by atoms with Crippen molar-refractivity contribution in [3.05, 3.63) is 54.2 Å². The number of hydrogen-bond donors (Lipinski definition) is 1. The molecule has 1 saturated heterocycles. The van der Waals surface area contributed by atoms with Crippen LogP contribution in [0.4, 0.5) is 5.69 Å². The standard InChI is InChI=1S/C23H25N5O5S/c1-15-23(16(2)33-26-15)17-5-6-21-20(10-17)25-22(29)13-27-8-9-28(12-18(27)14-32-21)34(30,31)19-4-3-7-24-11-19/h3-7,10-11,18H,8-9,12-14H2,1-2H3,(H,25,29)/t18-/m1/s1. The number of amides is 1. The number of anilines is 1. The van der Waals surface area contributed by atoms with Crippen LogP contribution in [0.3, 0.4) is 0 Å².